The van der Waals surface area contributed by atoms with Crippen LogP contribution in [0.1, 0.15) is 31.4 Å². The standard InChI is InChI=1S/C21H22ClNO8/c1-6-7-5-8-11(17(27)21(7,31)18(28)13(15(6)25)19(23)29)16(26)12-10(24)4-3-9(22)14(12)20(8,2)30/h3-4,6-8,13,15,24-26,30-31H,5H2,1-2H3,(H2,23,29). The van der Waals surface area contributed by atoms with Gasteiger partial charge in [-0.25, -0.2) is 0 Å². The number of carbonyl (C=O) groups is 3. The predicted octanol–water partition coefficient (Wildman–Crippen LogP) is 0.153. The van der Waals surface area contributed by atoms with Crippen LogP contribution in [0, 0.1) is 23.7 Å². The minimum atomic E-state index is -2.74. The molecule has 2 fully saturated rings. The summed E-state index contributed by atoms with van der Waals surface area (Å²) in [6, 6.07) is 2.50. The number of ketones is 2. The average molecular weight is 452 g/mol. The first-order valence-electron chi connectivity index (χ1n) is 9.74. The Kier molecular flexibility index (Phi) is 4.58. The van der Waals surface area contributed by atoms with Crippen molar-refractivity contribution in [2.75, 3.05) is 0 Å². The van der Waals surface area contributed by atoms with Crippen molar-refractivity contribution in [2.24, 2.45) is 29.4 Å². The smallest absolute Gasteiger partial charge is 0.230 e. The number of carbonyl (C=O) groups excluding carboxylic acids is 3. The van der Waals surface area contributed by atoms with Gasteiger partial charge in [0, 0.05) is 28.0 Å². The number of halogens is 1. The highest BCUT2D eigenvalue weighted by Crippen LogP contribution is 2.58. The number of aliphatic hydroxyl groups excluding tert-OH is 2. The van der Waals surface area contributed by atoms with Crippen LogP contribution in [-0.2, 0) is 20.0 Å². The van der Waals surface area contributed by atoms with E-state index in [0.717, 1.165) is 0 Å². The van der Waals surface area contributed by atoms with Gasteiger partial charge in [-0.05, 0) is 31.4 Å². The number of hydrogen-bond donors (Lipinski definition) is 6. The highest BCUT2D eigenvalue weighted by molar-refractivity contribution is 6.32. The van der Waals surface area contributed by atoms with Crippen LogP contribution < -0.4 is 5.73 Å². The Morgan fingerprint density at radius 2 is 1.84 bits per heavy atom. The normalized spacial score (nSPS) is 39.6. The third-order valence-electron chi connectivity index (χ3n) is 7.25. The molecule has 0 heterocycles. The fourth-order valence-electron chi connectivity index (χ4n) is 5.59. The quantitative estimate of drug-likeness (QED) is 0.326. The van der Waals surface area contributed by atoms with Crippen molar-refractivity contribution in [3.8, 4) is 5.75 Å². The Hall–Kier alpha value is -2.46. The number of rotatable bonds is 1. The van der Waals surface area contributed by atoms with E-state index in [1.54, 1.807) is 0 Å². The molecule has 0 saturated heterocycles. The summed E-state index contributed by atoms with van der Waals surface area (Å²) in [7, 11) is 0. The van der Waals surface area contributed by atoms with Crippen molar-refractivity contribution in [3.63, 3.8) is 0 Å². The van der Waals surface area contributed by atoms with Crippen molar-refractivity contribution in [1.29, 1.82) is 0 Å². The lowest BCUT2D eigenvalue weighted by Gasteiger charge is -2.54. The number of aromatic hydroxyl groups is 1. The second-order valence-corrected chi connectivity index (χ2v) is 9.22. The van der Waals surface area contributed by atoms with E-state index in [1.165, 1.54) is 26.0 Å². The molecule has 166 valence electrons. The van der Waals surface area contributed by atoms with E-state index in [0.29, 0.717) is 0 Å². The summed E-state index contributed by atoms with van der Waals surface area (Å²) in [6.45, 7) is 2.82. The Morgan fingerprint density at radius 3 is 2.42 bits per heavy atom. The maximum absolute atomic E-state index is 13.5. The SMILES string of the molecule is CC1C(O)C(C(N)=O)C(=O)C2(O)C(=O)C3=C(O)c4c(O)ccc(Cl)c4C(C)(O)C3CC12. The van der Waals surface area contributed by atoms with Crippen LogP contribution in [0.25, 0.3) is 5.76 Å². The summed E-state index contributed by atoms with van der Waals surface area (Å²) >= 11 is 6.24. The molecule has 10 heteroatoms. The van der Waals surface area contributed by atoms with E-state index < -0.39 is 75.5 Å². The minimum absolute atomic E-state index is 0.00371. The summed E-state index contributed by atoms with van der Waals surface area (Å²) in [5.74, 6) is -9.80. The van der Waals surface area contributed by atoms with Crippen molar-refractivity contribution < 1.29 is 39.9 Å². The van der Waals surface area contributed by atoms with Crippen LogP contribution in [0.15, 0.2) is 17.7 Å². The number of aliphatic hydroxyl groups is 4. The molecule has 3 aliphatic rings. The first-order valence-corrected chi connectivity index (χ1v) is 10.1. The van der Waals surface area contributed by atoms with Crippen LogP contribution in [0.2, 0.25) is 5.02 Å². The molecule has 0 aromatic heterocycles. The molecule has 4 rings (SSSR count). The van der Waals surface area contributed by atoms with Gasteiger partial charge in [-0.3, -0.25) is 14.4 Å². The van der Waals surface area contributed by atoms with Crippen molar-refractivity contribution in [1.82, 2.24) is 0 Å². The number of hydrogen-bond acceptors (Lipinski definition) is 8. The molecular weight excluding hydrogens is 430 g/mol. The Labute approximate surface area is 181 Å². The molecule has 7 unspecified atom stereocenters. The molecule has 0 radical (unpaired) electrons. The van der Waals surface area contributed by atoms with Crippen molar-refractivity contribution in [2.45, 2.75) is 37.6 Å². The highest BCUT2D eigenvalue weighted by Gasteiger charge is 2.68. The van der Waals surface area contributed by atoms with Gasteiger partial charge in [-0.1, -0.05) is 18.5 Å². The van der Waals surface area contributed by atoms with Gasteiger partial charge in [0.2, 0.25) is 11.7 Å². The Bertz CT molecular complexity index is 1080. The van der Waals surface area contributed by atoms with Gasteiger partial charge in [0.25, 0.3) is 0 Å². The first kappa shape index (κ1) is 21.8. The monoisotopic (exact) mass is 451 g/mol. The number of phenolic OH excluding ortho intramolecular Hbond substituents is 1. The molecule has 1 amide bonds. The lowest BCUT2D eigenvalue weighted by molar-refractivity contribution is -0.186. The lowest BCUT2D eigenvalue weighted by Crippen LogP contribution is -2.70. The second-order valence-electron chi connectivity index (χ2n) is 8.81. The third kappa shape index (κ3) is 2.51. The number of phenols is 1. The molecule has 0 bridgehead atoms. The molecule has 1 aromatic carbocycles. The summed E-state index contributed by atoms with van der Waals surface area (Å²) < 4.78 is 0. The zero-order chi connectivity index (χ0) is 23.2. The molecule has 0 aliphatic heterocycles. The zero-order valence-corrected chi connectivity index (χ0v) is 17.4. The van der Waals surface area contributed by atoms with Gasteiger partial charge < -0.3 is 31.3 Å². The van der Waals surface area contributed by atoms with Crippen molar-refractivity contribution in [3.05, 3.63) is 33.9 Å². The molecule has 3 aliphatic carbocycles. The van der Waals surface area contributed by atoms with Crippen molar-refractivity contribution >= 4 is 34.8 Å². The topological polar surface area (TPSA) is 178 Å². The molecule has 9 nitrogen and oxygen atoms in total. The van der Waals surface area contributed by atoms with E-state index in [1.807, 2.05) is 0 Å². The summed E-state index contributed by atoms with van der Waals surface area (Å²) in [6.07, 6.45) is -1.72. The largest absolute Gasteiger partial charge is 0.507 e. The van der Waals surface area contributed by atoms with E-state index in [-0.39, 0.29) is 22.6 Å². The van der Waals surface area contributed by atoms with Crippen LogP contribution in [0.4, 0.5) is 0 Å². The van der Waals surface area contributed by atoms with Crippen LogP contribution in [-0.4, -0.2) is 54.7 Å². The first-order chi connectivity index (χ1) is 14.3. The Balaban J connectivity index is 1.99. The van der Waals surface area contributed by atoms with E-state index in [2.05, 4.69) is 0 Å². The van der Waals surface area contributed by atoms with Crippen LogP contribution >= 0.6 is 11.6 Å². The second kappa shape index (κ2) is 6.52. The zero-order valence-electron chi connectivity index (χ0n) is 16.7. The summed E-state index contributed by atoms with van der Waals surface area (Å²) in [5.41, 5.74) is -0.0746. The fourth-order valence-corrected chi connectivity index (χ4v) is 5.94. The van der Waals surface area contributed by atoms with Gasteiger partial charge in [0.15, 0.2) is 11.4 Å². The minimum Gasteiger partial charge on any atom is -0.507 e. The third-order valence-corrected chi connectivity index (χ3v) is 7.57. The maximum Gasteiger partial charge on any atom is 0.230 e. The highest BCUT2D eigenvalue weighted by atomic mass is 35.5. The number of Topliss-reactive ketones (excluding diaryl/α,β-unsaturated/α-hetero) is 2. The molecule has 7 atom stereocenters. The summed E-state index contributed by atoms with van der Waals surface area (Å²) in [4.78, 5) is 38.3. The molecular formula is C21H22ClNO8. The number of benzene rings is 1. The average Bonchev–Trinajstić information content (AvgIpc) is 2.67. The molecule has 2 saturated carbocycles. The van der Waals surface area contributed by atoms with Gasteiger partial charge in [-0.15, -0.1) is 0 Å². The van der Waals surface area contributed by atoms with E-state index in [9.17, 15) is 39.9 Å². The number of amides is 1. The molecule has 0 spiro atoms. The van der Waals surface area contributed by atoms with E-state index in [4.69, 9.17) is 17.3 Å². The van der Waals surface area contributed by atoms with Gasteiger partial charge in [0.1, 0.15) is 17.4 Å². The lowest BCUT2D eigenvalue weighted by atomic mass is 9.51. The molecule has 7 N–H and O–H groups in total. The van der Waals surface area contributed by atoms with Gasteiger partial charge >= 0.3 is 0 Å². The number of nitrogens with two attached hydrogens (primary N) is 1. The Morgan fingerprint density at radius 1 is 1.23 bits per heavy atom. The maximum atomic E-state index is 13.5. The van der Waals surface area contributed by atoms with Gasteiger partial charge in [-0.2, -0.15) is 0 Å². The number of fused-ring (bicyclic) bond motifs is 3. The van der Waals surface area contributed by atoms with Gasteiger partial charge in [0.05, 0.1) is 17.3 Å². The summed E-state index contributed by atoms with van der Waals surface area (Å²) in [5, 5.41) is 54.5. The van der Waals surface area contributed by atoms with E-state index >= 15 is 0 Å². The predicted molar refractivity (Wildman–Crippen MR) is 107 cm³/mol. The molecule has 1 aromatic rings. The fraction of sp³-hybridized carbons (Fsp3) is 0.476. The number of primary amides is 1. The van der Waals surface area contributed by atoms with Crippen LogP contribution in [0.3, 0.4) is 0 Å². The van der Waals surface area contributed by atoms with Crippen LogP contribution in [0.5, 0.6) is 5.75 Å². The molecule has 31 heavy (non-hydrogen) atoms.